The number of anilines is 3. The van der Waals surface area contributed by atoms with E-state index in [1.807, 2.05) is 0 Å². The second kappa shape index (κ2) is 7.88. The first kappa shape index (κ1) is 18.2. The van der Waals surface area contributed by atoms with Crippen LogP contribution in [0.1, 0.15) is 5.56 Å². The van der Waals surface area contributed by atoms with Crippen molar-refractivity contribution in [2.75, 3.05) is 4.90 Å². The molecule has 1 heteroatoms. The van der Waals surface area contributed by atoms with Gasteiger partial charge >= 0.3 is 0 Å². The van der Waals surface area contributed by atoms with Gasteiger partial charge in [-0.2, -0.15) is 0 Å². The molecule has 0 saturated carbocycles. The lowest BCUT2D eigenvalue weighted by molar-refractivity contribution is 1.28. The van der Waals surface area contributed by atoms with Crippen molar-refractivity contribution in [2.45, 2.75) is 6.92 Å². The van der Waals surface area contributed by atoms with Crippen molar-refractivity contribution in [1.82, 2.24) is 0 Å². The molecule has 0 unspecified atom stereocenters. The van der Waals surface area contributed by atoms with E-state index in [1.54, 1.807) is 0 Å². The zero-order chi connectivity index (χ0) is 20.3. The molecule has 0 aromatic heterocycles. The van der Waals surface area contributed by atoms with E-state index >= 15 is 0 Å². The lowest BCUT2D eigenvalue weighted by atomic mass is 10.0. The lowest BCUT2D eigenvalue weighted by Crippen LogP contribution is -2.10. The summed E-state index contributed by atoms with van der Waals surface area (Å²) in [7, 11) is 0. The van der Waals surface area contributed by atoms with Crippen LogP contribution in [0, 0.1) is 6.92 Å². The minimum Gasteiger partial charge on any atom is -0.310 e. The molecule has 0 saturated heterocycles. The van der Waals surface area contributed by atoms with Gasteiger partial charge in [-0.15, -0.1) is 0 Å². The normalized spacial score (nSPS) is 10.8. The van der Waals surface area contributed by atoms with Gasteiger partial charge in [-0.25, -0.2) is 0 Å². The van der Waals surface area contributed by atoms with E-state index in [2.05, 4.69) is 133 Å². The van der Waals surface area contributed by atoms with Crippen LogP contribution in [0.3, 0.4) is 0 Å². The first-order valence-electron chi connectivity index (χ1n) is 10.3. The Bertz CT molecular complexity index is 1280. The monoisotopic (exact) mass is 385 g/mol. The average molecular weight is 386 g/mol. The van der Waals surface area contributed by atoms with Crippen LogP contribution in [0.5, 0.6) is 0 Å². The molecule has 0 heterocycles. The third-order valence-electron chi connectivity index (χ3n) is 5.50. The Morgan fingerprint density at radius 3 is 1.97 bits per heavy atom. The predicted molar refractivity (Wildman–Crippen MR) is 129 cm³/mol. The lowest BCUT2D eigenvalue weighted by Gasteiger charge is -2.27. The van der Waals surface area contributed by atoms with Crippen molar-refractivity contribution < 1.29 is 0 Å². The summed E-state index contributed by atoms with van der Waals surface area (Å²) in [6, 6.07) is 43.1. The smallest absolute Gasteiger partial charge is 0.0540 e. The number of hydrogen-bond donors (Lipinski definition) is 0. The second-order valence-corrected chi connectivity index (χ2v) is 7.59. The highest BCUT2D eigenvalue weighted by molar-refractivity contribution is 5.99. The summed E-state index contributed by atoms with van der Waals surface area (Å²) in [6.07, 6.45) is 0. The van der Waals surface area contributed by atoms with E-state index in [1.165, 1.54) is 38.8 Å². The van der Waals surface area contributed by atoms with Crippen LogP contribution in [0.2, 0.25) is 0 Å². The van der Waals surface area contributed by atoms with Gasteiger partial charge in [-0.3, -0.25) is 0 Å². The van der Waals surface area contributed by atoms with Gasteiger partial charge < -0.3 is 4.90 Å². The van der Waals surface area contributed by atoms with Crippen molar-refractivity contribution in [1.29, 1.82) is 0 Å². The zero-order valence-corrected chi connectivity index (χ0v) is 17.0. The fourth-order valence-corrected chi connectivity index (χ4v) is 4.03. The molecule has 1 nitrogen and oxygen atoms in total. The fraction of sp³-hybridized carbons (Fsp3) is 0.0345. The molecule has 0 amide bonds. The van der Waals surface area contributed by atoms with Gasteiger partial charge in [-0.05, 0) is 59.3 Å². The van der Waals surface area contributed by atoms with Crippen LogP contribution >= 0.6 is 0 Å². The highest BCUT2D eigenvalue weighted by Crippen LogP contribution is 2.39. The second-order valence-electron chi connectivity index (χ2n) is 7.59. The molecule has 0 N–H and O–H groups in total. The van der Waals surface area contributed by atoms with Crippen LogP contribution in [0.25, 0.3) is 21.9 Å². The van der Waals surface area contributed by atoms with Crippen LogP contribution in [-0.4, -0.2) is 0 Å². The van der Waals surface area contributed by atoms with E-state index in [0.29, 0.717) is 0 Å². The number of hydrogen-bond acceptors (Lipinski definition) is 1. The minimum atomic E-state index is 1.15. The van der Waals surface area contributed by atoms with Gasteiger partial charge in [0.05, 0.1) is 5.69 Å². The van der Waals surface area contributed by atoms with Crippen LogP contribution in [0.15, 0.2) is 121 Å². The summed E-state index contributed by atoms with van der Waals surface area (Å²) in [6.45, 7) is 2.14. The van der Waals surface area contributed by atoms with E-state index in [0.717, 1.165) is 5.69 Å². The van der Waals surface area contributed by atoms with Gasteiger partial charge in [-0.1, -0.05) is 91.0 Å². The molecule has 0 atom stereocenters. The van der Waals surface area contributed by atoms with Crippen molar-refractivity contribution in [2.24, 2.45) is 0 Å². The quantitative estimate of drug-likeness (QED) is 0.301. The first-order chi connectivity index (χ1) is 14.8. The maximum Gasteiger partial charge on any atom is 0.0540 e. The molecule has 5 aromatic rings. The van der Waals surface area contributed by atoms with Crippen LogP contribution in [-0.2, 0) is 0 Å². The maximum absolute atomic E-state index is 2.35. The highest BCUT2D eigenvalue weighted by atomic mass is 15.1. The van der Waals surface area contributed by atoms with Crippen molar-refractivity contribution in [3.63, 3.8) is 0 Å². The van der Waals surface area contributed by atoms with Gasteiger partial charge in [0.2, 0.25) is 0 Å². The maximum atomic E-state index is 2.35. The summed E-state index contributed by atoms with van der Waals surface area (Å²) < 4.78 is 0. The summed E-state index contributed by atoms with van der Waals surface area (Å²) in [5, 5.41) is 2.49. The third kappa shape index (κ3) is 3.46. The van der Waals surface area contributed by atoms with Crippen molar-refractivity contribution >= 4 is 27.8 Å². The molecule has 0 fully saturated rings. The van der Waals surface area contributed by atoms with Gasteiger partial charge in [0, 0.05) is 16.8 Å². The molecule has 5 rings (SSSR count). The number of benzene rings is 5. The molecule has 0 aliphatic heterocycles. The molecular formula is C29H23N. The number of rotatable bonds is 4. The summed E-state index contributed by atoms with van der Waals surface area (Å²) >= 11 is 0. The molecule has 5 aromatic carbocycles. The summed E-state index contributed by atoms with van der Waals surface area (Å²) in [5.41, 5.74) is 7.21. The fourth-order valence-electron chi connectivity index (χ4n) is 4.03. The van der Waals surface area contributed by atoms with Gasteiger partial charge in [0.25, 0.3) is 0 Å². The minimum absolute atomic E-state index is 1.15. The van der Waals surface area contributed by atoms with E-state index in [-0.39, 0.29) is 0 Å². The molecule has 0 aliphatic carbocycles. The van der Waals surface area contributed by atoms with E-state index in [9.17, 15) is 0 Å². The summed E-state index contributed by atoms with van der Waals surface area (Å²) in [5.74, 6) is 0. The molecule has 144 valence electrons. The zero-order valence-electron chi connectivity index (χ0n) is 17.0. The Morgan fingerprint density at radius 1 is 0.500 bits per heavy atom. The molecule has 0 bridgehead atoms. The number of fused-ring (bicyclic) bond motifs is 1. The Morgan fingerprint density at radius 2 is 1.17 bits per heavy atom. The predicted octanol–water partition coefficient (Wildman–Crippen LogP) is 8.29. The van der Waals surface area contributed by atoms with E-state index < -0.39 is 0 Å². The molecular weight excluding hydrogens is 362 g/mol. The Hall–Kier alpha value is -3.84. The Kier molecular flexibility index (Phi) is 4.78. The van der Waals surface area contributed by atoms with Crippen LogP contribution in [0.4, 0.5) is 17.1 Å². The SMILES string of the molecule is Cc1cccc(N(c2ccc(-c3ccccc3)cc2)c2cccc3ccccc23)c1. The first-order valence-corrected chi connectivity index (χ1v) is 10.3. The molecule has 0 spiro atoms. The van der Waals surface area contributed by atoms with Gasteiger partial charge in [0.1, 0.15) is 0 Å². The van der Waals surface area contributed by atoms with E-state index in [4.69, 9.17) is 0 Å². The number of aryl methyl sites for hydroxylation is 1. The van der Waals surface area contributed by atoms with Crippen molar-refractivity contribution in [3.8, 4) is 11.1 Å². The Labute approximate surface area is 177 Å². The summed E-state index contributed by atoms with van der Waals surface area (Å²) in [4.78, 5) is 2.35. The largest absolute Gasteiger partial charge is 0.310 e. The molecule has 0 radical (unpaired) electrons. The van der Waals surface area contributed by atoms with Crippen LogP contribution < -0.4 is 4.90 Å². The number of nitrogens with zero attached hydrogens (tertiary/aromatic N) is 1. The molecule has 30 heavy (non-hydrogen) atoms. The van der Waals surface area contributed by atoms with Crippen molar-refractivity contribution in [3.05, 3.63) is 127 Å². The highest BCUT2D eigenvalue weighted by Gasteiger charge is 2.15. The Balaban J connectivity index is 1.67. The molecule has 0 aliphatic rings. The topological polar surface area (TPSA) is 3.24 Å². The van der Waals surface area contributed by atoms with Gasteiger partial charge in [0.15, 0.2) is 0 Å². The standard InChI is InChI=1S/C29H23N/c1-22-9-7-14-27(21-22)30(29-16-8-13-25-12-5-6-15-28(25)29)26-19-17-24(18-20-26)23-10-3-2-4-11-23/h2-21H,1H3. The third-order valence-corrected chi connectivity index (χ3v) is 5.50. The average Bonchev–Trinajstić information content (AvgIpc) is 2.81.